The van der Waals surface area contributed by atoms with Gasteiger partial charge < -0.3 is 24.8 Å². The van der Waals surface area contributed by atoms with E-state index in [0.29, 0.717) is 26.1 Å². The molecule has 2 aliphatic heterocycles. The zero-order valence-corrected chi connectivity index (χ0v) is 19.0. The van der Waals surface area contributed by atoms with Crippen LogP contribution in [0.25, 0.3) is 0 Å². The predicted octanol–water partition coefficient (Wildman–Crippen LogP) is 1.11. The van der Waals surface area contributed by atoms with Crippen LogP contribution in [0.4, 0.5) is 5.69 Å². The first-order valence-electron chi connectivity index (χ1n) is 11.3. The number of aromatic nitrogens is 2. The molecule has 1 amide bonds. The normalized spacial score (nSPS) is 19.9. The minimum atomic E-state index is -0.0291. The highest BCUT2D eigenvalue weighted by Gasteiger charge is 2.26. The van der Waals surface area contributed by atoms with Crippen LogP contribution in [0.2, 0.25) is 0 Å². The van der Waals surface area contributed by atoms with E-state index in [0.717, 1.165) is 44.2 Å². The van der Waals surface area contributed by atoms with Gasteiger partial charge >= 0.3 is 0 Å². The second kappa shape index (κ2) is 10.5. The summed E-state index contributed by atoms with van der Waals surface area (Å²) in [6.45, 7) is 5.94. The van der Waals surface area contributed by atoms with Gasteiger partial charge in [0, 0.05) is 77.2 Å². The van der Waals surface area contributed by atoms with Crippen molar-refractivity contribution in [2.24, 2.45) is 12.0 Å². The van der Waals surface area contributed by atoms with E-state index in [1.54, 1.807) is 11.7 Å². The number of hydrogen-bond acceptors (Lipinski definition) is 5. The summed E-state index contributed by atoms with van der Waals surface area (Å²) in [5, 5.41) is 7.61. The number of carbonyl (C=O) groups excluding carboxylic acids is 1. The van der Waals surface area contributed by atoms with Gasteiger partial charge in [-0.1, -0.05) is 18.2 Å². The Kier molecular flexibility index (Phi) is 7.26. The lowest BCUT2D eigenvalue weighted by Gasteiger charge is -2.36. The highest BCUT2D eigenvalue weighted by atomic mass is 16.5. The summed E-state index contributed by atoms with van der Waals surface area (Å²) in [4.78, 5) is 23.6. The Morgan fingerprint density at radius 2 is 1.94 bits per heavy atom. The van der Waals surface area contributed by atoms with E-state index in [1.165, 1.54) is 5.69 Å². The van der Waals surface area contributed by atoms with Crippen molar-refractivity contribution in [3.8, 4) is 0 Å². The van der Waals surface area contributed by atoms with Crippen LogP contribution in [-0.4, -0.2) is 90.9 Å². The van der Waals surface area contributed by atoms with Gasteiger partial charge in [0.15, 0.2) is 5.96 Å². The average Bonchev–Trinajstić information content (AvgIpc) is 3.29. The van der Waals surface area contributed by atoms with E-state index in [-0.39, 0.29) is 12.0 Å². The lowest BCUT2D eigenvalue weighted by molar-refractivity contribution is -0.131. The van der Waals surface area contributed by atoms with E-state index in [4.69, 9.17) is 4.74 Å². The summed E-state index contributed by atoms with van der Waals surface area (Å²) in [5.74, 6) is 1.000. The zero-order chi connectivity index (χ0) is 22.3. The molecule has 172 valence electrons. The summed E-state index contributed by atoms with van der Waals surface area (Å²) in [5.41, 5.74) is 2.29. The number of piperazine rings is 1. The minimum absolute atomic E-state index is 0.0291. The van der Waals surface area contributed by atoms with Crippen molar-refractivity contribution in [2.75, 3.05) is 64.4 Å². The van der Waals surface area contributed by atoms with Gasteiger partial charge in [-0.2, -0.15) is 5.10 Å². The van der Waals surface area contributed by atoms with Crippen LogP contribution < -0.4 is 10.2 Å². The molecule has 3 heterocycles. The van der Waals surface area contributed by atoms with Crippen LogP contribution in [0.15, 0.2) is 47.7 Å². The number of aliphatic imine (C=N–C) groups is 1. The first-order valence-corrected chi connectivity index (χ1v) is 11.3. The smallest absolute Gasteiger partial charge is 0.224 e. The molecule has 4 rings (SSSR count). The number of morpholine rings is 1. The molecule has 32 heavy (non-hydrogen) atoms. The molecule has 2 aromatic rings. The van der Waals surface area contributed by atoms with Crippen LogP contribution in [-0.2, 0) is 16.6 Å². The molecular formula is C23H33N7O2. The molecule has 9 heteroatoms. The van der Waals surface area contributed by atoms with E-state index >= 15 is 0 Å². The number of carbonyl (C=O) groups is 1. The van der Waals surface area contributed by atoms with Crippen molar-refractivity contribution in [1.29, 1.82) is 0 Å². The fourth-order valence-electron chi connectivity index (χ4n) is 4.27. The molecule has 1 N–H and O–H groups in total. The number of rotatable bonds is 5. The fourth-order valence-corrected chi connectivity index (χ4v) is 4.27. The number of para-hydroxylation sites is 1. The Hall–Kier alpha value is -3.07. The van der Waals surface area contributed by atoms with Gasteiger partial charge in [0.25, 0.3) is 0 Å². The maximum Gasteiger partial charge on any atom is 0.224 e. The Labute approximate surface area is 189 Å². The van der Waals surface area contributed by atoms with Crippen molar-refractivity contribution >= 4 is 17.6 Å². The highest BCUT2D eigenvalue weighted by Crippen LogP contribution is 2.21. The molecule has 0 spiro atoms. The molecule has 2 saturated heterocycles. The number of aryl methyl sites for hydroxylation is 1. The van der Waals surface area contributed by atoms with Crippen LogP contribution in [0.5, 0.6) is 0 Å². The standard InChI is InChI=1S/C23H33N7O2/c1-24-23(30-14-15-32-21(18-30)19-16-26-27(2)17-19)25-9-8-22(31)29-12-10-28(11-13-29)20-6-4-3-5-7-20/h3-7,16-17,21H,8-15,18H2,1-2H3,(H,24,25). The van der Waals surface area contributed by atoms with Crippen LogP contribution >= 0.6 is 0 Å². The second-order valence-corrected chi connectivity index (χ2v) is 8.18. The van der Waals surface area contributed by atoms with Gasteiger partial charge in [-0.15, -0.1) is 0 Å². The fraction of sp³-hybridized carbons (Fsp3) is 0.522. The van der Waals surface area contributed by atoms with E-state index in [9.17, 15) is 4.79 Å². The number of nitrogens with one attached hydrogen (secondary N) is 1. The zero-order valence-electron chi connectivity index (χ0n) is 19.0. The van der Waals surface area contributed by atoms with Crippen LogP contribution in [0.1, 0.15) is 18.1 Å². The van der Waals surface area contributed by atoms with Gasteiger partial charge in [0.1, 0.15) is 6.10 Å². The van der Waals surface area contributed by atoms with E-state index in [2.05, 4.69) is 49.5 Å². The minimum Gasteiger partial charge on any atom is -0.370 e. The van der Waals surface area contributed by atoms with Crippen LogP contribution in [0.3, 0.4) is 0 Å². The summed E-state index contributed by atoms with van der Waals surface area (Å²) >= 11 is 0. The largest absolute Gasteiger partial charge is 0.370 e. The Bertz CT molecular complexity index is 906. The number of hydrogen-bond donors (Lipinski definition) is 1. The highest BCUT2D eigenvalue weighted by molar-refractivity contribution is 5.81. The third kappa shape index (κ3) is 5.40. The third-order valence-electron chi connectivity index (χ3n) is 6.05. The molecule has 9 nitrogen and oxygen atoms in total. The van der Waals surface area contributed by atoms with Gasteiger partial charge in [-0.3, -0.25) is 14.5 Å². The molecule has 1 aromatic carbocycles. The number of guanidine groups is 1. The predicted molar refractivity (Wildman–Crippen MR) is 125 cm³/mol. The number of anilines is 1. The lowest BCUT2D eigenvalue weighted by Crippen LogP contribution is -2.50. The summed E-state index contributed by atoms with van der Waals surface area (Å²) in [7, 11) is 3.69. The van der Waals surface area contributed by atoms with Crippen molar-refractivity contribution in [3.63, 3.8) is 0 Å². The molecule has 1 unspecified atom stereocenters. The Morgan fingerprint density at radius 1 is 1.16 bits per heavy atom. The lowest BCUT2D eigenvalue weighted by atomic mass is 10.1. The summed E-state index contributed by atoms with van der Waals surface area (Å²) in [6, 6.07) is 10.4. The maximum absolute atomic E-state index is 12.7. The van der Waals surface area contributed by atoms with Crippen molar-refractivity contribution in [3.05, 3.63) is 48.3 Å². The number of ether oxygens (including phenoxy) is 1. The summed E-state index contributed by atoms with van der Waals surface area (Å²) in [6.07, 6.45) is 4.26. The Morgan fingerprint density at radius 3 is 2.62 bits per heavy atom. The topological polar surface area (TPSA) is 78.2 Å². The number of amides is 1. The molecule has 1 aromatic heterocycles. The Balaban J connectivity index is 1.21. The van der Waals surface area contributed by atoms with Crippen molar-refractivity contribution in [2.45, 2.75) is 12.5 Å². The molecule has 0 bridgehead atoms. The van der Waals surface area contributed by atoms with E-state index in [1.807, 2.05) is 30.4 Å². The van der Waals surface area contributed by atoms with Crippen LogP contribution in [0, 0.1) is 0 Å². The van der Waals surface area contributed by atoms with Gasteiger partial charge in [0.05, 0.1) is 19.3 Å². The van der Waals surface area contributed by atoms with Crippen molar-refractivity contribution < 1.29 is 9.53 Å². The molecule has 2 aliphatic rings. The molecule has 1 atom stereocenters. The monoisotopic (exact) mass is 439 g/mol. The molecular weight excluding hydrogens is 406 g/mol. The second-order valence-electron chi connectivity index (χ2n) is 8.18. The number of nitrogens with zero attached hydrogens (tertiary/aromatic N) is 6. The molecule has 0 radical (unpaired) electrons. The molecule has 2 fully saturated rings. The first kappa shape index (κ1) is 22.1. The number of benzene rings is 1. The van der Waals surface area contributed by atoms with Crippen molar-refractivity contribution in [1.82, 2.24) is 24.9 Å². The quantitative estimate of drug-likeness (QED) is 0.556. The first-order chi connectivity index (χ1) is 15.6. The third-order valence-corrected chi connectivity index (χ3v) is 6.05. The van der Waals surface area contributed by atoms with Gasteiger partial charge in [-0.25, -0.2) is 0 Å². The van der Waals surface area contributed by atoms with E-state index < -0.39 is 0 Å². The molecule has 0 saturated carbocycles. The molecule has 0 aliphatic carbocycles. The maximum atomic E-state index is 12.7. The van der Waals surface area contributed by atoms with Gasteiger partial charge in [0.2, 0.25) is 5.91 Å². The SMILES string of the molecule is CN=C(NCCC(=O)N1CCN(c2ccccc2)CC1)N1CCOC(c2cnn(C)c2)C1. The van der Waals surface area contributed by atoms with Gasteiger partial charge in [-0.05, 0) is 12.1 Å². The average molecular weight is 440 g/mol. The summed E-state index contributed by atoms with van der Waals surface area (Å²) < 4.78 is 7.71.